The second-order valence-corrected chi connectivity index (χ2v) is 5.56. The number of carbonyl (C=O) groups is 2. The number of aliphatic carboxylic acids is 1. The highest BCUT2D eigenvalue weighted by Gasteiger charge is 2.44. The summed E-state index contributed by atoms with van der Waals surface area (Å²) >= 11 is 0. The molecule has 1 aromatic rings. The number of carboxylic acid groups (broad SMARTS) is 1. The Hall–Kier alpha value is -2.34. The maximum atomic E-state index is 11.9. The molecule has 6 heteroatoms. The Kier molecular flexibility index (Phi) is 4.82. The fraction of sp³-hybridized carbons (Fsp3) is 0.375. The second-order valence-electron chi connectivity index (χ2n) is 5.56. The van der Waals surface area contributed by atoms with Crippen LogP contribution >= 0.6 is 0 Å². The molecule has 1 aliphatic carbocycles. The van der Waals surface area contributed by atoms with Gasteiger partial charge < -0.3 is 20.3 Å². The number of aliphatic hydroxyl groups excluding tert-OH is 1. The van der Waals surface area contributed by atoms with E-state index in [1.54, 1.807) is 0 Å². The highest BCUT2D eigenvalue weighted by atomic mass is 16.5. The quantitative estimate of drug-likeness (QED) is 0.736. The fourth-order valence-corrected chi connectivity index (χ4v) is 2.40. The molecule has 0 heterocycles. The maximum absolute atomic E-state index is 11.9. The van der Waals surface area contributed by atoms with Crippen molar-refractivity contribution in [3.8, 4) is 0 Å². The van der Waals surface area contributed by atoms with Crippen molar-refractivity contribution < 1.29 is 24.5 Å². The van der Waals surface area contributed by atoms with Gasteiger partial charge in [0.1, 0.15) is 6.61 Å². The van der Waals surface area contributed by atoms with Crippen LogP contribution in [-0.4, -0.2) is 34.4 Å². The van der Waals surface area contributed by atoms with Crippen molar-refractivity contribution in [2.24, 2.45) is 5.41 Å². The van der Waals surface area contributed by atoms with Crippen molar-refractivity contribution in [2.75, 3.05) is 0 Å². The Balaban J connectivity index is 1.97. The third-order valence-electron chi connectivity index (χ3n) is 3.82. The Morgan fingerprint density at radius 2 is 2.00 bits per heavy atom. The van der Waals surface area contributed by atoms with Crippen molar-refractivity contribution in [3.05, 3.63) is 48.0 Å². The average molecular weight is 305 g/mol. The molecular formula is C16H19NO5. The number of carboxylic acids is 1. The van der Waals surface area contributed by atoms with Crippen LogP contribution in [0.25, 0.3) is 0 Å². The van der Waals surface area contributed by atoms with Gasteiger partial charge in [0.05, 0.1) is 17.6 Å². The summed E-state index contributed by atoms with van der Waals surface area (Å²) in [6.07, 6.45) is 1.48. The number of hydrogen-bond donors (Lipinski definition) is 3. The summed E-state index contributed by atoms with van der Waals surface area (Å²) in [4.78, 5) is 23.3. The van der Waals surface area contributed by atoms with Gasteiger partial charge in [-0.25, -0.2) is 4.79 Å². The highest BCUT2D eigenvalue weighted by Crippen LogP contribution is 2.33. The zero-order valence-electron chi connectivity index (χ0n) is 12.2. The van der Waals surface area contributed by atoms with Crippen LogP contribution in [0.5, 0.6) is 0 Å². The van der Waals surface area contributed by atoms with Crippen molar-refractivity contribution in [1.29, 1.82) is 0 Å². The zero-order chi connectivity index (χ0) is 16.2. The van der Waals surface area contributed by atoms with Gasteiger partial charge in [-0.05, 0) is 18.9 Å². The van der Waals surface area contributed by atoms with Crippen molar-refractivity contribution in [3.63, 3.8) is 0 Å². The van der Waals surface area contributed by atoms with Gasteiger partial charge in [0.2, 0.25) is 0 Å². The molecule has 0 aliphatic heterocycles. The first-order valence-corrected chi connectivity index (χ1v) is 6.99. The molecule has 0 fully saturated rings. The van der Waals surface area contributed by atoms with Crippen LogP contribution in [0.4, 0.5) is 4.79 Å². The van der Waals surface area contributed by atoms with E-state index in [2.05, 4.69) is 5.32 Å². The predicted molar refractivity (Wildman–Crippen MR) is 79.1 cm³/mol. The maximum Gasteiger partial charge on any atom is 0.407 e. The molecule has 22 heavy (non-hydrogen) atoms. The predicted octanol–water partition coefficient (Wildman–Crippen LogP) is 1.69. The third-order valence-corrected chi connectivity index (χ3v) is 3.82. The first-order valence-electron chi connectivity index (χ1n) is 6.99. The van der Waals surface area contributed by atoms with E-state index in [1.807, 2.05) is 30.3 Å². The van der Waals surface area contributed by atoms with E-state index in [0.29, 0.717) is 0 Å². The van der Waals surface area contributed by atoms with Gasteiger partial charge >= 0.3 is 12.1 Å². The van der Waals surface area contributed by atoms with Crippen molar-refractivity contribution >= 4 is 12.1 Å². The van der Waals surface area contributed by atoms with E-state index in [0.717, 1.165) is 5.56 Å². The Bertz CT molecular complexity index is 571. The molecule has 3 N–H and O–H groups in total. The largest absolute Gasteiger partial charge is 0.481 e. The van der Waals surface area contributed by atoms with Crippen LogP contribution in [0.1, 0.15) is 18.9 Å². The molecule has 0 radical (unpaired) electrons. The van der Waals surface area contributed by atoms with E-state index < -0.39 is 29.6 Å². The first-order chi connectivity index (χ1) is 10.4. The van der Waals surface area contributed by atoms with Crippen LogP contribution in [0, 0.1) is 5.41 Å². The number of alkyl carbamates (subject to hydrolysis) is 1. The van der Waals surface area contributed by atoms with Crippen molar-refractivity contribution in [2.45, 2.75) is 32.1 Å². The molecule has 3 unspecified atom stereocenters. The van der Waals surface area contributed by atoms with E-state index >= 15 is 0 Å². The normalized spacial score (nSPS) is 27.2. The minimum atomic E-state index is -1.28. The number of aliphatic hydroxyl groups is 1. The summed E-state index contributed by atoms with van der Waals surface area (Å²) in [7, 11) is 0. The highest BCUT2D eigenvalue weighted by molar-refractivity contribution is 5.78. The van der Waals surface area contributed by atoms with Crippen LogP contribution in [0.3, 0.4) is 0 Å². The van der Waals surface area contributed by atoms with E-state index in [9.17, 15) is 19.8 Å². The van der Waals surface area contributed by atoms with E-state index in [4.69, 9.17) is 4.74 Å². The summed E-state index contributed by atoms with van der Waals surface area (Å²) in [6, 6.07) is 8.45. The number of nitrogens with one attached hydrogen (secondary N) is 1. The molecule has 118 valence electrons. The SMILES string of the molecule is CC1(C(=O)O)CC(O)C=CC1NC(=O)OCc1ccccc1. The number of amides is 1. The topological polar surface area (TPSA) is 95.9 Å². The van der Waals surface area contributed by atoms with Gasteiger partial charge in [0, 0.05) is 0 Å². The lowest BCUT2D eigenvalue weighted by Crippen LogP contribution is -2.52. The molecule has 0 aromatic heterocycles. The lowest BCUT2D eigenvalue weighted by atomic mass is 9.74. The average Bonchev–Trinajstić information content (AvgIpc) is 2.49. The third kappa shape index (κ3) is 3.65. The van der Waals surface area contributed by atoms with Gasteiger partial charge in [0.25, 0.3) is 0 Å². The summed E-state index contributed by atoms with van der Waals surface area (Å²) < 4.78 is 5.09. The summed E-state index contributed by atoms with van der Waals surface area (Å²) in [5.41, 5.74) is -0.437. The van der Waals surface area contributed by atoms with Gasteiger partial charge in [0.15, 0.2) is 0 Å². The number of hydrogen-bond acceptors (Lipinski definition) is 4. The molecule has 0 spiro atoms. The molecule has 6 nitrogen and oxygen atoms in total. The monoisotopic (exact) mass is 305 g/mol. The molecule has 1 aliphatic rings. The summed E-state index contributed by atoms with van der Waals surface area (Å²) in [5.74, 6) is -1.08. The number of carbonyl (C=O) groups excluding carboxylic acids is 1. The van der Waals surface area contributed by atoms with E-state index in [-0.39, 0.29) is 13.0 Å². The first kappa shape index (κ1) is 16.0. The number of benzene rings is 1. The smallest absolute Gasteiger partial charge is 0.407 e. The summed E-state index contributed by atoms with van der Waals surface area (Å²) in [5, 5.41) is 21.5. The number of rotatable bonds is 4. The van der Waals surface area contributed by atoms with Crippen LogP contribution in [0.15, 0.2) is 42.5 Å². The van der Waals surface area contributed by atoms with Gasteiger partial charge in [-0.15, -0.1) is 0 Å². The Morgan fingerprint density at radius 1 is 1.32 bits per heavy atom. The molecule has 0 bridgehead atoms. The number of ether oxygens (including phenoxy) is 1. The zero-order valence-corrected chi connectivity index (χ0v) is 12.2. The van der Waals surface area contributed by atoms with Crippen LogP contribution in [0.2, 0.25) is 0 Å². The lowest BCUT2D eigenvalue weighted by molar-refractivity contribution is -0.151. The molecule has 2 rings (SSSR count). The Labute approximate surface area is 128 Å². The molecular weight excluding hydrogens is 286 g/mol. The molecule has 3 atom stereocenters. The minimum absolute atomic E-state index is 0.0302. The van der Waals surface area contributed by atoms with Gasteiger partial charge in [-0.3, -0.25) is 4.79 Å². The van der Waals surface area contributed by atoms with Crippen LogP contribution < -0.4 is 5.32 Å². The van der Waals surface area contributed by atoms with Crippen LogP contribution in [-0.2, 0) is 16.1 Å². The second kappa shape index (κ2) is 6.62. The molecule has 0 saturated carbocycles. The van der Waals surface area contributed by atoms with Gasteiger partial charge in [-0.2, -0.15) is 0 Å². The molecule has 1 amide bonds. The molecule has 1 aromatic carbocycles. The minimum Gasteiger partial charge on any atom is -0.481 e. The summed E-state index contributed by atoms with van der Waals surface area (Å²) in [6.45, 7) is 1.60. The van der Waals surface area contributed by atoms with E-state index in [1.165, 1.54) is 19.1 Å². The standard InChI is InChI=1S/C16H19NO5/c1-16(14(19)20)9-12(18)7-8-13(16)17-15(21)22-10-11-5-3-2-4-6-11/h2-8,12-13,18H,9-10H2,1H3,(H,17,21)(H,19,20). The Morgan fingerprint density at radius 3 is 2.64 bits per heavy atom. The lowest BCUT2D eigenvalue weighted by Gasteiger charge is -2.36. The van der Waals surface area contributed by atoms with Crippen molar-refractivity contribution in [1.82, 2.24) is 5.32 Å². The fourth-order valence-electron chi connectivity index (χ4n) is 2.40. The van der Waals surface area contributed by atoms with Gasteiger partial charge in [-0.1, -0.05) is 42.5 Å². The molecule has 0 saturated heterocycles.